The van der Waals surface area contributed by atoms with E-state index in [0.717, 1.165) is 72.3 Å². The maximum absolute atomic E-state index is 15.2. The first-order valence-electron chi connectivity index (χ1n) is 21.3. The number of hydrogen-bond acceptors (Lipinski definition) is 10. The quantitative estimate of drug-likeness (QED) is 0.266. The van der Waals surface area contributed by atoms with Crippen LogP contribution in [0.4, 0.5) is 0 Å². The molecule has 0 aromatic heterocycles. The average molecular weight is 824 g/mol. The van der Waals surface area contributed by atoms with Crippen LogP contribution < -0.4 is 20.7 Å². The zero-order chi connectivity index (χ0) is 41.1. The van der Waals surface area contributed by atoms with Gasteiger partial charge < -0.3 is 30.3 Å². The number of allylic oxidation sites excluding steroid dienone is 7. The Balaban J connectivity index is 1.21. The van der Waals surface area contributed by atoms with Gasteiger partial charge in [0.2, 0.25) is 15.9 Å². The van der Waals surface area contributed by atoms with Crippen molar-refractivity contribution in [3.8, 4) is 0 Å². The summed E-state index contributed by atoms with van der Waals surface area (Å²) in [6.45, 7) is 8.16. The molecule has 1 aromatic carbocycles. The molecule has 4 aliphatic heterocycles. The normalized spacial score (nSPS) is 30.1. The first-order valence-corrected chi connectivity index (χ1v) is 22.8. The molecule has 1 aromatic rings. The molecule has 9 rings (SSSR count). The van der Waals surface area contributed by atoms with E-state index in [4.69, 9.17) is 9.47 Å². The second-order valence-corrected chi connectivity index (χ2v) is 19.0. The molecule has 59 heavy (non-hydrogen) atoms. The maximum Gasteiger partial charge on any atom is 0.259 e. The maximum atomic E-state index is 15.2. The summed E-state index contributed by atoms with van der Waals surface area (Å²) in [4.78, 5) is 45.8. The van der Waals surface area contributed by atoms with Gasteiger partial charge in [-0.05, 0) is 90.2 Å². The van der Waals surface area contributed by atoms with Crippen LogP contribution in [0.1, 0.15) is 56.9 Å². The Hall–Kier alpha value is -4.56. The third kappa shape index (κ3) is 8.99. The van der Waals surface area contributed by atoms with Gasteiger partial charge in [0.1, 0.15) is 11.3 Å². The Kier molecular flexibility index (Phi) is 12.3. The summed E-state index contributed by atoms with van der Waals surface area (Å²) in [5.41, 5.74) is 4.30. The molecule has 3 saturated carbocycles. The molecular weight excluding hydrogens is 767 g/mol. The van der Waals surface area contributed by atoms with Gasteiger partial charge in [-0.15, -0.1) is 6.58 Å². The number of benzene rings is 1. The Morgan fingerprint density at radius 2 is 1.76 bits per heavy atom. The van der Waals surface area contributed by atoms with Crippen LogP contribution in [-0.4, -0.2) is 101 Å². The number of fused-ring (bicyclic) bond motifs is 2. The molecule has 8 aliphatic rings. The van der Waals surface area contributed by atoms with Crippen molar-refractivity contribution in [1.29, 1.82) is 0 Å². The van der Waals surface area contributed by atoms with Gasteiger partial charge in [-0.3, -0.25) is 19.1 Å². The minimum absolute atomic E-state index is 0.0608. The number of ether oxygens (including phenoxy) is 2. The molecule has 0 saturated heterocycles. The van der Waals surface area contributed by atoms with Crippen LogP contribution in [0.25, 0.3) is 5.57 Å². The predicted octanol–water partition coefficient (Wildman–Crippen LogP) is 4.24. The van der Waals surface area contributed by atoms with E-state index in [1.54, 1.807) is 13.2 Å². The fourth-order valence-electron chi connectivity index (χ4n) is 9.44. The lowest BCUT2D eigenvalue weighted by Crippen LogP contribution is -2.56. The van der Waals surface area contributed by atoms with Crippen molar-refractivity contribution in [1.82, 2.24) is 25.6 Å². The molecule has 6 bridgehead atoms. The molecule has 4 aliphatic carbocycles. The number of carbonyl (C=O) groups excluding carboxylic acids is 3. The standard InChI is InChI=1S/C46H57N5O7S/c1-3-36-24-46(36,45(54)50-59(55,56)37-14-15-37)49-44(53)40-28-51-26-34-23-33(31-10-6-4-7-11-31)20-30-21-35(41(22-30)57-2)29-58-19-18-47-16-17-48-25-38(32-12-8-5-9-13-32)43(52)39(27-51)42(34)40/h3-4,6-7,10-11,20-23,26,32,36-38,40,47-48H,1,5,8-9,12-19,24-25,27-29H2,2H3,(H,49,53)(H,50,54)/b30-20+,33-23+/t36-,38-,40-,46-/m1/s1. The molecule has 4 N–H and O–H groups in total. The molecule has 314 valence electrons. The molecule has 13 heteroatoms. The van der Waals surface area contributed by atoms with E-state index in [2.05, 4.69) is 45.5 Å². The fourth-order valence-corrected chi connectivity index (χ4v) is 10.8. The average Bonchev–Trinajstić information content (AvgIpc) is 4.18. The van der Waals surface area contributed by atoms with Crippen molar-refractivity contribution in [2.75, 3.05) is 59.6 Å². The van der Waals surface area contributed by atoms with Crippen LogP contribution >= 0.6 is 0 Å². The summed E-state index contributed by atoms with van der Waals surface area (Å²) in [6, 6.07) is 10.0. The van der Waals surface area contributed by atoms with Crippen molar-refractivity contribution in [3.05, 3.63) is 113 Å². The van der Waals surface area contributed by atoms with Gasteiger partial charge in [-0.25, -0.2) is 8.42 Å². The summed E-state index contributed by atoms with van der Waals surface area (Å²) in [5.74, 6) is -1.64. The Labute approximate surface area is 348 Å². The van der Waals surface area contributed by atoms with Crippen LogP contribution in [0.5, 0.6) is 0 Å². The van der Waals surface area contributed by atoms with Crippen LogP contribution in [0.15, 0.2) is 107 Å². The lowest BCUT2D eigenvalue weighted by Gasteiger charge is -2.42. The van der Waals surface area contributed by atoms with Crippen molar-refractivity contribution in [2.24, 2.45) is 23.7 Å². The van der Waals surface area contributed by atoms with E-state index in [9.17, 15) is 18.0 Å². The van der Waals surface area contributed by atoms with Gasteiger partial charge >= 0.3 is 0 Å². The van der Waals surface area contributed by atoms with Crippen molar-refractivity contribution < 1.29 is 32.3 Å². The van der Waals surface area contributed by atoms with E-state index in [0.29, 0.717) is 69.9 Å². The second kappa shape index (κ2) is 17.6. The van der Waals surface area contributed by atoms with Crippen LogP contribution in [0, 0.1) is 23.7 Å². The number of Topliss-reactive ketones (excluding diaryl/α,β-unsaturated/α-hetero) is 1. The summed E-state index contributed by atoms with van der Waals surface area (Å²) < 4.78 is 39.9. The summed E-state index contributed by atoms with van der Waals surface area (Å²) in [5, 5.41) is 9.46. The largest absolute Gasteiger partial charge is 0.496 e. The minimum atomic E-state index is -3.85. The Morgan fingerprint density at radius 3 is 2.49 bits per heavy atom. The van der Waals surface area contributed by atoms with Gasteiger partial charge in [0, 0.05) is 68.5 Å². The van der Waals surface area contributed by atoms with Gasteiger partial charge in [-0.2, -0.15) is 0 Å². The number of amides is 2. The highest BCUT2D eigenvalue weighted by Crippen LogP contribution is 2.47. The molecule has 12 nitrogen and oxygen atoms in total. The van der Waals surface area contributed by atoms with E-state index in [1.807, 2.05) is 47.5 Å². The smallest absolute Gasteiger partial charge is 0.259 e. The van der Waals surface area contributed by atoms with Gasteiger partial charge in [0.25, 0.3) is 5.91 Å². The predicted molar refractivity (Wildman–Crippen MR) is 227 cm³/mol. The first-order chi connectivity index (χ1) is 28.6. The monoisotopic (exact) mass is 823 g/mol. The number of methoxy groups -OCH3 is 1. The molecule has 4 atom stereocenters. The molecule has 0 spiro atoms. The number of nitrogens with zero attached hydrogens (tertiary/aromatic N) is 1. The zero-order valence-electron chi connectivity index (χ0n) is 34.0. The highest BCUT2D eigenvalue weighted by atomic mass is 32.2. The van der Waals surface area contributed by atoms with Crippen molar-refractivity contribution >= 4 is 33.2 Å². The van der Waals surface area contributed by atoms with E-state index < -0.39 is 44.5 Å². The molecule has 0 radical (unpaired) electrons. The van der Waals surface area contributed by atoms with Gasteiger partial charge in [0.15, 0.2) is 5.78 Å². The highest BCUT2D eigenvalue weighted by molar-refractivity contribution is 7.91. The number of nitrogens with one attached hydrogen (secondary N) is 4. The number of ketones is 1. The topological polar surface area (TPSA) is 155 Å². The number of sulfonamides is 1. The zero-order valence-corrected chi connectivity index (χ0v) is 34.8. The fraction of sp³-hybridized carbons (Fsp3) is 0.500. The Morgan fingerprint density at radius 1 is 0.983 bits per heavy atom. The van der Waals surface area contributed by atoms with Crippen molar-refractivity contribution in [3.63, 3.8) is 0 Å². The van der Waals surface area contributed by atoms with E-state index in [-0.39, 0.29) is 24.0 Å². The van der Waals surface area contributed by atoms with Gasteiger partial charge in [0.05, 0.1) is 31.5 Å². The lowest BCUT2D eigenvalue weighted by atomic mass is 9.72. The van der Waals surface area contributed by atoms with Gasteiger partial charge in [-0.1, -0.05) is 55.7 Å². The Bertz CT molecular complexity index is 2140. The minimum Gasteiger partial charge on any atom is -0.496 e. The third-order valence-electron chi connectivity index (χ3n) is 12.9. The summed E-state index contributed by atoms with van der Waals surface area (Å²) in [7, 11) is -2.20. The van der Waals surface area contributed by atoms with Crippen LogP contribution in [0.3, 0.4) is 0 Å². The first kappa shape index (κ1) is 41.2. The van der Waals surface area contributed by atoms with Crippen molar-refractivity contribution in [2.45, 2.75) is 62.2 Å². The van der Waals surface area contributed by atoms with Crippen LogP contribution in [0.2, 0.25) is 0 Å². The summed E-state index contributed by atoms with van der Waals surface area (Å²) >= 11 is 0. The molecule has 4 heterocycles. The number of rotatable bonds is 9. The van der Waals surface area contributed by atoms with E-state index >= 15 is 4.79 Å². The summed E-state index contributed by atoms with van der Waals surface area (Å²) in [6.07, 6.45) is 18.4. The second-order valence-electron chi connectivity index (χ2n) is 17.0. The number of hydrogen-bond donors (Lipinski definition) is 4. The lowest BCUT2D eigenvalue weighted by molar-refractivity contribution is -0.131. The van der Waals surface area contributed by atoms with E-state index in [1.165, 1.54) is 0 Å². The number of carbonyl (C=O) groups is 3. The molecule has 3 fully saturated rings. The highest BCUT2D eigenvalue weighted by Gasteiger charge is 2.61. The van der Waals surface area contributed by atoms with Crippen LogP contribution in [-0.2, 0) is 33.9 Å². The SMILES string of the molecule is C=C[C@@H]1C[C@]1(NC(=O)[C@@H]1CN2C=C3/C=C(c4ccccc4)\C=C4/C=C(COCCNCCNC[C@H](C5CCCCC5)C(=O)C(=C31)C2)C(OC)=C4)C(=O)NS(=O)(=O)C1CC1. The molecule has 0 unspecified atom stereocenters. The molecular formula is C46H57N5O7S. The molecule has 2 amide bonds. The third-order valence-corrected chi connectivity index (χ3v) is 14.8.